The Labute approximate surface area is 92.3 Å². The molecule has 0 atom stereocenters. The third-order valence-corrected chi connectivity index (χ3v) is 3.60. The molecule has 0 unspecified atom stereocenters. The molecule has 0 saturated carbocycles. The Balaban J connectivity index is 2.36. The molecule has 0 fully saturated rings. The largest absolute Gasteiger partial charge is 0.281 e. The van der Waals surface area contributed by atoms with Gasteiger partial charge in [0, 0.05) is 5.56 Å². The van der Waals surface area contributed by atoms with Crippen LogP contribution in [0.25, 0.3) is 0 Å². The van der Waals surface area contributed by atoms with Gasteiger partial charge < -0.3 is 0 Å². The molecule has 0 saturated heterocycles. The Morgan fingerprint density at radius 2 is 1.88 bits per heavy atom. The molecule has 0 aliphatic heterocycles. The summed E-state index contributed by atoms with van der Waals surface area (Å²) in [5.41, 5.74) is 1.22. The summed E-state index contributed by atoms with van der Waals surface area (Å²) in [6.45, 7) is 3.39. The fourth-order valence-electron chi connectivity index (χ4n) is 1.25. The van der Waals surface area contributed by atoms with Gasteiger partial charge in [0.15, 0.2) is 0 Å². The second-order valence-electron chi connectivity index (χ2n) is 3.39. The summed E-state index contributed by atoms with van der Waals surface area (Å²) in [5, 5.41) is 12.5. The van der Waals surface area contributed by atoms with E-state index in [0.29, 0.717) is 11.5 Å². The van der Waals surface area contributed by atoms with Crippen molar-refractivity contribution in [3.05, 3.63) is 23.7 Å². The number of anilines is 1. The monoisotopic (exact) mass is 241 g/mol. The first-order valence-corrected chi connectivity index (χ1v) is 6.02. The second kappa shape index (κ2) is 3.63. The number of rotatable bonds is 3. The summed E-state index contributed by atoms with van der Waals surface area (Å²) in [5.74, 6) is 0.362. The molecule has 0 aliphatic carbocycles. The van der Waals surface area contributed by atoms with Crippen LogP contribution in [-0.2, 0) is 10.0 Å². The average Bonchev–Trinajstić information content (AvgIpc) is 2.76. The van der Waals surface area contributed by atoms with E-state index in [9.17, 15) is 8.42 Å². The smallest absolute Gasteiger partial charge is 0.266 e. The molecule has 2 rings (SSSR count). The molecule has 0 aliphatic rings. The first-order valence-electron chi connectivity index (χ1n) is 4.53. The van der Waals surface area contributed by atoms with E-state index in [2.05, 4.69) is 25.1 Å². The number of hydrogen-bond acceptors (Lipinski definition) is 4. The minimum Gasteiger partial charge on any atom is -0.281 e. The first-order chi connectivity index (χ1) is 7.50. The molecule has 8 heteroatoms. The van der Waals surface area contributed by atoms with Crippen LogP contribution in [0.4, 0.5) is 5.82 Å². The van der Waals surface area contributed by atoms with Crippen molar-refractivity contribution in [3.8, 4) is 0 Å². The van der Waals surface area contributed by atoms with Crippen molar-refractivity contribution in [2.75, 3.05) is 4.72 Å². The lowest BCUT2D eigenvalue weighted by atomic mass is 10.4. The predicted octanol–water partition coefficient (Wildman–Crippen LogP) is 0.550. The summed E-state index contributed by atoms with van der Waals surface area (Å²) >= 11 is 0. The van der Waals surface area contributed by atoms with Crippen LogP contribution in [0.5, 0.6) is 0 Å². The van der Waals surface area contributed by atoms with Crippen LogP contribution in [0.2, 0.25) is 0 Å². The zero-order valence-electron chi connectivity index (χ0n) is 8.77. The van der Waals surface area contributed by atoms with Crippen LogP contribution in [0, 0.1) is 13.8 Å². The minimum absolute atomic E-state index is 0.126. The molecule has 0 amide bonds. The molecule has 3 N–H and O–H groups in total. The van der Waals surface area contributed by atoms with Crippen molar-refractivity contribution in [3.63, 3.8) is 0 Å². The van der Waals surface area contributed by atoms with Gasteiger partial charge in [-0.05, 0) is 13.8 Å². The quantitative estimate of drug-likeness (QED) is 0.730. The maximum atomic E-state index is 11.9. The summed E-state index contributed by atoms with van der Waals surface area (Å²) < 4.78 is 26.2. The lowest BCUT2D eigenvalue weighted by Crippen LogP contribution is -2.14. The molecular weight excluding hydrogens is 230 g/mol. The van der Waals surface area contributed by atoms with Crippen molar-refractivity contribution in [1.29, 1.82) is 0 Å². The Morgan fingerprint density at radius 1 is 1.19 bits per heavy atom. The summed E-state index contributed by atoms with van der Waals surface area (Å²) in [7, 11) is -3.61. The standard InChI is InChI=1S/C8H11N5O2S/c1-5-3-9-12-8(5)13-16(14,15)7-4-10-11-6(7)2/h3-4H,1-2H3,(H,10,11)(H2,9,12,13). The fourth-order valence-corrected chi connectivity index (χ4v) is 2.48. The van der Waals surface area contributed by atoms with Gasteiger partial charge >= 0.3 is 0 Å². The maximum Gasteiger partial charge on any atom is 0.266 e. The Hall–Kier alpha value is -1.83. The molecule has 0 aromatic carbocycles. The Kier molecular flexibility index (Phi) is 2.43. The molecule has 7 nitrogen and oxygen atoms in total. The number of hydrogen-bond donors (Lipinski definition) is 3. The average molecular weight is 241 g/mol. The van der Waals surface area contributed by atoms with E-state index in [4.69, 9.17) is 0 Å². The molecule has 0 spiro atoms. The van der Waals surface area contributed by atoms with Gasteiger partial charge in [0.1, 0.15) is 10.7 Å². The van der Waals surface area contributed by atoms with Gasteiger partial charge in [-0.1, -0.05) is 0 Å². The molecule has 2 aromatic rings. The lowest BCUT2D eigenvalue weighted by Gasteiger charge is -2.05. The van der Waals surface area contributed by atoms with Gasteiger partial charge in [0.25, 0.3) is 10.0 Å². The molecule has 2 heterocycles. The highest BCUT2D eigenvalue weighted by Gasteiger charge is 2.19. The summed E-state index contributed by atoms with van der Waals surface area (Å²) in [6.07, 6.45) is 2.81. The highest BCUT2D eigenvalue weighted by Crippen LogP contribution is 2.17. The number of H-pyrrole nitrogens is 2. The van der Waals surface area contributed by atoms with Gasteiger partial charge in [-0.25, -0.2) is 8.42 Å². The lowest BCUT2D eigenvalue weighted by molar-refractivity contribution is 0.600. The molecule has 0 bridgehead atoms. The van der Waals surface area contributed by atoms with Gasteiger partial charge in [0.2, 0.25) is 0 Å². The normalized spacial score (nSPS) is 11.6. The Bertz CT molecular complexity index is 597. The SMILES string of the molecule is Cc1cn[nH]c1NS(=O)(=O)c1cn[nH]c1C. The van der Waals surface area contributed by atoms with E-state index < -0.39 is 10.0 Å². The van der Waals surface area contributed by atoms with Crippen LogP contribution in [0.1, 0.15) is 11.3 Å². The summed E-state index contributed by atoms with van der Waals surface area (Å²) in [4.78, 5) is 0.126. The van der Waals surface area contributed by atoms with Crippen molar-refractivity contribution in [1.82, 2.24) is 20.4 Å². The first kappa shape index (κ1) is 10.7. The molecule has 86 valence electrons. The zero-order chi connectivity index (χ0) is 11.8. The summed E-state index contributed by atoms with van der Waals surface area (Å²) in [6, 6.07) is 0. The van der Waals surface area contributed by atoms with Gasteiger partial charge in [0.05, 0.1) is 18.1 Å². The van der Waals surface area contributed by atoms with Crippen LogP contribution in [0.15, 0.2) is 17.3 Å². The number of nitrogens with one attached hydrogen (secondary N) is 3. The van der Waals surface area contributed by atoms with E-state index in [1.54, 1.807) is 20.0 Å². The van der Waals surface area contributed by atoms with Crippen molar-refractivity contribution >= 4 is 15.8 Å². The minimum atomic E-state index is -3.61. The molecular formula is C8H11N5O2S. The van der Waals surface area contributed by atoms with E-state index in [1.165, 1.54) is 6.20 Å². The van der Waals surface area contributed by atoms with Gasteiger partial charge in [-0.3, -0.25) is 14.9 Å². The molecule has 16 heavy (non-hydrogen) atoms. The third kappa shape index (κ3) is 1.78. The third-order valence-electron chi connectivity index (χ3n) is 2.14. The van der Waals surface area contributed by atoms with E-state index in [-0.39, 0.29) is 4.90 Å². The van der Waals surface area contributed by atoms with Gasteiger partial charge in [-0.2, -0.15) is 10.2 Å². The molecule has 2 aromatic heterocycles. The van der Waals surface area contributed by atoms with Crippen LogP contribution in [0.3, 0.4) is 0 Å². The highest BCUT2D eigenvalue weighted by atomic mass is 32.2. The number of aromatic amines is 2. The predicted molar refractivity (Wildman–Crippen MR) is 57.5 cm³/mol. The van der Waals surface area contributed by atoms with E-state index >= 15 is 0 Å². The number of aryl methyl sites for hydroxylation is 2. The number of aromatic nitrogens is 4. The van der Waals surface area contributed by atoms with E-state index in [0.717, 1.165) is 5.56 Å². The number of nitrogens with zero attached hydrogens (tertiary/aromatic N) is 2. The van der Waals surface area contributed by atoms with Crippen molar-refractivity contribution in [2.45, 2.75) is 18.7 Å². The fraction of sp³-hybridized carbons (Fsp3) is 0.250. The maximum absolute atomic E-state index is 11.9. The second-order valence-corrected chi connectivity index (χ2v) is 5.04. The van der Waals surface area contributed by atoms with E-state index in [1.807, 2.05) is 0 Å². The Morgan fingerprint density at radius 3 is 2.38 bits per heavy atom. The van der Waals surface area contributed by atoms with Crippen LogP contribution in [-0.4, -0.2) is 28.8 Å². The van der Waals surface area contributed by atoms with Crippen molar-refractivity contribution in [2.24, 2.45) is 0 Å². The topological polar surface area (TPSA) is 104 Å². The van der Waals surface area contributed by atoms with Crippen LogP contribution >= 0.6 is 0 Å². The van der Waals surface area contributed by atoms with Crippen molar-refractivity contribution < 1.29 is 8.42 Å². The highest BCUT2D eigenvalue weighted by molar-refractivity contribution is 7.92. The molecule has 0 radical (unpaired) electrons. The van der Waals surface area contributed by atoms with Gasteiger partial charge in [-0.15, -0.1) is 0 Å². The zero-order valence-corrected chi connectivity index (χ0v) is 9.59. The number of sulfonamides is 1. The van der Waals surface area contributed by atoms with Crippen LogP contribution < -0.4 is 4.72 Å².